The van der Waals surface area contributed by atoms with E-state index in [0.29, 0.717) is 32.7 Å². The standard InChI is InChI=1S/C15H13Cl2NO3S3/c1-23-5-4-11(14(20)21)18-13(19)12(24-15(18)22)6-8-2-3-9(16)7-10(8)17/h2-3,6-7,11H,4-5H2,1H3,(H,20,21)/b12-6+/t11-/m0/s1. The number of hydrogen-bond donors (Lipinski definition) is 1. The minimum Gasteiger partial charge on any atom is -0.480 e. The molecule has 1 atom stereocenters. The van der Waals surface area contributed by atoms with Crippen LogP contribution in [0.25, 0.3) is 6.08 Å². The van der Waals surface area contributed by atoms with Crippen LogP contribution in [-0.2, 0) is 9.59 Å². The van der Waals surface area contributed by atoms with Crippen molar-refractivity contribution in [1.29, 1.82) is 0 Å². The van der Waals surface area contributed by atoms with Crippen molar-refractivity contribution in [2.24, 2.45) is 0 Å². The Kier molecular flexibility index (Phi) is 7.00. The van der Waals surface area contributed by atoms with Gasteiger partial charge in [0.2, 0.25) is 0 Å². The lowest BCUT2D eigenvalue weighted by Crippen LogP contribution is -2.44. The van der Waals surface area contributed by atoms with E-state index in [9.17, 15) is 14.7 Å². The molecule has 0 spiro atoms. The Labute approximate surface area is 163 Å². The maximum atomic E-state index is 12.6. The van der Waals surface area contributed by atoms with Crippen LogP contribution in [0.5, 0.6) is 0 Å². The number of carbonyl (C=O) groups excluding carboxylic acids is 1. The normalized spacial score (nSPS) is 17.6. The Bertz CT molecular complexity index is 724. The molecule has 1 heterocycles. The fraction of sp³-hybridized carbons (Fsp3) is 0.267. The zero-order chi connectivity index (χ0) is 17.9. The molecule has 0 radical (unpaired) electrons. The molecule has 1 amide bonds. The summed E-state index contributed by atoms with van der Waals surface area (Å²) >= 11 is 19.8. The molecule has 1 aromatic rings. The van der Waals surface area contributed by atoms with Crippen LogP contribution in [0.4, 0.5) is 0 Å². The van der Waals surface area contributed by atoms with Crippen LogP contribution in [0, 0.1) is 0 Å². The molecule has 1 fully saturated rings. The molecule has 24 heavy (non-hydrogen) atoms. The second-order valence-corrected chi connectivity index (χ2v) is 8.36. The number of amides is 1. The van der Waals surface area contributed by atoms with Gasteiger partial charge in [-0.05, 0) is 42.2 Å². The highest BCUT2D eigenvalue weighted by Gasteiger charge is 2.40. The maximum absolute atomic E-state index is 12.6. The fourth-order valence-electron chi connectivity index (χ4n) is 2.10. The summed E-state index contributed by atoms with van der Waals surface area (Å²) in [6, 6.07) is 3.98. The third kappa shape index (κ3) is 4.46. The van der Waals surface area contributed by atoms with Crippen molar-refractivity contribution in [3.05, 3.63) is 38.7 Å². The van der Waals surface area contributed by atoms with Crippen LogP contribution in [0.15, 0.2) is 23.1 Å². The van der Waals surface area contributed by atoms with Gasteiger partial charge in [0.05, 0.1) is 4.91 Å². The molecule has 1 aliphatic rings. The molecule has 0 aliphatic carbocycles. The first-order valence-electron chi connectivity index (χ1n) is 6.79. The summed E-state index contributed by atoms with van der Waals surface area (Å²) in [7, 11) is 0. The SMILES string of the molecule is CSCC[C@@H](C(=O)O)N1C(=O)/C(=C\c2ccc(Cl)cc2Cl)SC1=S. The van der Waals surface area contributed by atoms with Crippen molar-refractivity contribution < 1.29 is 14.7 Å². The van der Waals surface area contributed by atoms with Crippen molar-refractivity contribution in [1.82, 2.24) is 4.90 Å². The zero-order valence-corrected chi connectivity index (χ0v) is 16.5. The van der Waals surface area contributed by atoms with Gasteiger partial charge < -0.3 is 5.11 Å². The maximum Gasteiger partial charge on any atom is 0.326 e. The van der Waals surface area contributed by atoms with Gasteiger partial charge >= 0.3 is 5.97 Å². The summed E-state index contributed by atoms with van der Waals surface area (Å²) in [6.07, 6.45) is 3.81. The fourth-order valence-corrected chi connectivity index (χ4v) is 4.37. The molecule has 128 valence electrons. The number of thiocarbonyl (C=S) groups is 1. The molecule has 1 N–H and O–H groups in total. The van der Waals surface area contributed by atoms with Gasteiger partial charge in [-0.15, -0.1) is 0 Å². The molecule has 0 saturated carbocycles. The molecule has 4 nitrogen and oxygen atoms in total. The first kappa shape index (κ1) is 19.6. The van der Waals surface area contributed by atoms with Crippen LogP contribution in [0.1, 0.15) is 12.0 Å². The number of rotatable bonds is 6. The topological polar surface area (TPSA) is 57.6 Å². The Balaban J connectivity index is 2.30. The molecule has 1 aliphatic heterocycles. The average molecular weight is 422 g/mol. The minimum absolute atomic E-state index is 0.241. The number of nitrogens with zero attached hydrogens (tertiary/aromatic N) is 1. The molecular formula is C15H13Cl2NO3S3. The highest BCUT2D eigenvalue weighted by Crippen LogP contribution is 2.36. The third-order valence-electron chi connectivity index (χ3n) is 3.26. The van der Waals surface area contributed by atoms with E-state index in [1.54, 1.807) is 24.3 Å². The first-order valence-corrected chi connectivity index (χ1v) is 10.2. The monoisotopic (exact) mass is 421 g/mol. The number of hydrogen-bond acceptors (Lipinski definition) is 5. The van der Waals surface area contributed by atoms with E-state index >= 15 is 0 Å². The number of benzene rings is 1. The first-order chi connectivity index (χ1) is 11.3. The van der Waals surface area contributed by atoms with E-state index in [-0.39, 0.29) is 4.32 Å². The van der Waals surface area contributed by atoms with E-state index in [4.69, 9.17) is 35.4 Å². The van der Waals surface area contributed by atoms with E-state index < -0.39 is 17.9 Å². The average Bonchev–Trinajstić information content (AvgIpc) is 2.78. The second kappa shape index (κ2) is 8.58. The van der Waals surface area contributed by atoms with E-state index in [1.807, 2.05) is 6.26 Å². The van der Waals surface area contributed by atoms with Crippen molar-refractivity contribution in [3.63, 3.8) is 0 Å². The summed E-state index contributed by atoms with van der Waals surface area (Å²) < 4.78 is 0.241. The zero-order valence-electron chi connectivity index (χ0n) is 12.5. The molecule has 0 unspecified atom stereocenters. The summed E-state index contributed by atoms with van der Waals surface area (Å²) in [5, 5.41) is 10.3. The number of thioether (sulfide) groups is 2. The summed E-state index contributed by atoms with van der Waals surface area (Å²) in [6.45, 7) is 0. The molecule has 1 saturated heterocycles. The quantitative estimate of drug-likeness (QED) is 0.542. The van der Waals surface area contributed by atoms with E-state index in [1.165, 1.54) is 16.7 Å². The number of carboxylic acid groups (broad SMARTS) is 1. The van der Waals surface area contributed by atoms with Crippen LogP contribution < -0.4 is 0 Å². The van der Waals surface area contributed by atoms with Crippen LogP contribution in [-0.4, -0.2) is 44.3 Å². The van der Waals surface area contributed by atoms with Gasteiger partial charge in [-0.3, -0.25) is 9.69 Å². The molecule has 9 heteroatoms. The number of halogens is 2. The number of carbonyl (C=O) groups is 2. The lowest BCUT2D eigenvalue weighted by molar-refractivity contribution is -0.145. The van der Waals surface area contributed by atoms with E-state index in [0.717, 1.165) is 11.8 Å². The van der Waals surface area contributed by atoms with Gasteiger partial charge in [-0.2, -0.15) is 11.8 Å². The van der Waals surface area contributed by atoms with Gasteiger partial charge in [0.25, 0.3) is 5.91 Å². The highest BCUT2D eigenvalue weighted by molar-refractivity contribution is 8.26. The van der Waals surface area contributed by atoms with Gasteiger partial charge in [0.1, 0.15) is 10.4 Å². The summed E-state index contributed by atoms with van der Waals surface area (Å²) in [5.74, 6) is -0.855. The van der Waals surface area contributed by atoms with Crippen LogP contribution in [0.3, 0.4) is 0 Å². The molecule has 1 aromatic carbocycles. The summed E-state index contributed by atoms with van der Waals surface area (Å²) in [4.78, 5) is 25.7. The third-order valence-corrected chi connectivity index (χ3v) is 5.80. The van der Waals surface area contributed by atoms with Gasteiger partial charge in [0.15, 0.2) is 0 Å². The van der Waals surface area contributed by atoms with Crippen molar-refractivity contribution in [2.45, 2.75) is 12.5 Å². The lowest BCUT2D eigenvalue weighted by atomic mass is 10.1. The Morgan fingerprint density at radius 2 is 2.21 bits per heavy atom. The largest absolute Gasteiger partial charge is 0.480 e. The Morgan fingerprint density at radius 3 is 2.79 bits per heavy atom. The minimum atomic E-state index is -1.06. The van der Waals surface area contributed by atoms with Crippen LogP contribution >= 0.6 is 58.9 Å². The predicted octanol–water partition coefficient (Wildman–Crippen LogP) is 4.40. The molecule has 0 bridgehead atoms. The van der Waals surface area contributed by atoms with Crippen molar-refractivity contribution >= 4 is 81.2 Å². The predicted molar refractivity (Wildman–Crippen MR) is 106 cm³/mol. The second-order valence-electron chi connectivity index (χ2n) is 4.85. The lowest BCUT2D eigenvalue weighted by Gasteiger charge is -2.22. The smallest absolute Gasteiger partial charge is 0.326 e. The Hall–Kier alpha value is -0.730. The van der Waals surface area contributed by atoms with Crippen LogP contribution in [0.2, 0.25) is 10.0 Å². The molecule has 0 aromatic heterocycles. The highest BCUT2D eigenvalue weighted by atomic mass is 35.5. The van der Waals surface area contributed by atoms with Gasteiger partial charge in [0, 0.05) is 10.0 Å². The summed E-state index contributed by atoms with van der Waals surface area (Å²) in [5.41, 5.74) is 0.623. The van der Waals surface area contributed by atoms with Crippen molar-refractivity contribution in [3.8, 4) is 0 Å². The Morgan fingerprint density at radius 1 is 1.50 bits per heavy atom. The molecule has 2 rings (SSSR count). The number of carboxylic acids is 1. The number of aliphatic carboxylic acids is 1. The van der Waals surface area contributed by atoms with Gasteiger partial charge in [-0.25, -0.2) is 4.79 Å². The van der Waals surface area contributed by atoms with Crippen molar-refractivity contribution in [2.75, 3.05) is 12.0 Å². The van der Waals surface area contributed by atoms with Gasteiger partial charge in [-0.1, -0.05) is 53.2 Å². The van der Waals surface area contributed by atoms with E-state index in [2.05, 4.69) is 0 Å². The molecular weight excluding hydrogens is 409 g/mol.